The Labute approximate surface area is 258 Å². The van der Waals surface area contributed by atoms with E-state index in [0.29, 0.717) is 0 Å². The number of carbonyl (C=O) groups excluding carboxylic acids is 7. The number of hydrogen-bond acceptors (Lipinski definition) is 18. The summed E-state index contributed by atoms with van der Waals surface area (Å²) in [6.45, 7) is 6.44. The largest absolute Gasteiger partial charge is 0.463 e. The predicted molar refractivity (Wildman–Crippen MR) is 140 cm³/mol. The molecule has 0 N–H and O–H groups in total. The Balaban J connectivity index is 2.69. The van der Waals surface area contributed by atoms with Gasteiger partial charge < -0.3 is 52.1 Å². The minimum Gasteiger partial charge on any atom is -0.463 e. The van der Waals surface area contributed by atoms with Crippen LogP contribution in [0.1, 0.15) is 48.5 Å². The molecule has 0 unspecified atom stereocenters. The van der Waals surface area contributed by atoms with Gasteiger partial charge in [-0.1, -0.05) is 0 Å². The van der Waals surface area contributed by atoms with E-state index >= 15 is 0 Å². The third-order valence-corrected chi connectivity index (χ3v) is 6.12. The second-order valence-corrected chi connectivity index (χ2v) is 9.90. The van der Waals surface area contributed by atoms with Crippen LogP contribution in [0.2, 0.25) is 0 Å². The summed E-state index contributed by atoms with van der Waals surface area (Å²) in [5, 5.41) is 0. The van der Waals surface area contributed by atoms with Crippen molar-refractivity contribution in [1.29, 1.82) is 0 Å². The number of ether oxygens (including phenoxy) is 11. The summed E-state index contributed by atoms with van der Waals surface area (Å²) in [5.74, 6) is -5.76. The summed E-state index contributed by atoms with van der Waals surface area (Å²) in [6.07, 6.45) is -15.0. The van der Waals surface area contributed by atoms with E-state index in [-0.39, 0.29) is 0 Å². The van der Waals surface area contributed by atoms with Crippen molar-refractivity contribution in [2.45, 2.75) is 110 Å². The molecule has 18 heteroatoms. The van der Waals surface area contributed by atoms with Crippen LogP contribution < -0.4 is 0 Å². The first-order valence-electron chi connectivity index (χ1n) is 13.7. The van der Waals surface area contributed by atoms with Crippen molar-refractivity contribution in [3.05, 3.63) is 0 Å². The van der Waals surface area contributed by atoms with Crippen LogP contribution in [0.3, 0.4) is 0 Å². The third kappa shape index (κ3) is 11.2. The molecule has 0 spiro atoms. The van der Waals surface area contributed by atoms with E-state index < -0.39 is 116 Å². The highest BCUT2D eigenvalue weighted by Crippen LogP contribution is 2.35. The highest BCUT2D eigenvalue weighted by molar-refractivity contribution is 5.69. The number of esters is 7. The van der Waals surface area contributed by atoms with E-state index in [9.17, 15) is 33.6 Å². The highest BCUT2D eigenvalue weighted by Gasteiger charge is 2.57. The SMILES string of the molecule is CO[C@@H]1O[C@H](COC(C)=O)[C@@H](O[C@H]2O[C@@H](COC(C)=O)[C@@H](OC(C)=O)[C@H](OC(C)=O)[C@H]2OC(C)=O)[C@H](OC(C)=O)[C@H]1OC(C)=O. The maximum absolute atomic E-state index is 12.2. The quantitative estimate of drug-likeness (QED) is 0.187. The van der Waals surface area contributed by atoms with Crippen LogP contribution in [0, 0.1) is 0 Å². The number of rotatable bonds is 12. The first-order chi connectivity index (χ1) is 21.0. The van der Waals surface area contributed by atoms with Crippen LogP contribution in [0.15, 0.2) is 0 Å². The Morgan fingerprint density at radius 2 is 0.778 bits per heavy atom. The fraction of sp³-hybridized carbons (Fsp3) is 0.741. The Morgan fingerprint density at radius 1 is 0.444 bits per heavy atom. The normalized spacial score (nSPS) is 31.0. The van der Waals surface area contributed by atoms with Gasteiger partial charge in [0.25, 0.3) is 0 Å². The Bertz CT molecular complexity index is 1110. The zero-order chi connectivity index (χ0) is 34.0. The monoisotopic (exact) mass is 650 g/mol. The minimum absolute atomic E-state index is 0.504. The van der Waals surface area contributed by atoms with Crippen LogP contribution in [-0.2, 0) is 85.7 Å². The Hall–Kier alpha value is -3.87. The van der Waals surface area contributed by atoms with Crippen molar-refractivity contribution in [3.63, 3.8) is 0 Å². The second-order valence-electron chi connectivity index (χ2n) is 9.90. The van der Waals surface area contributed by atoms with Gasteiger partial charge >= 0.3 is 41.8 Å². The molecule has 2 fully saturated rings. The summed E-state index contributed by atoms with van der Waals surface area (Å²) in [5.41, 5.74) is 0. The number of hydrogen-bond donors (Lipinski definition) is 0. The van der Waals surface area contributed by atoms with Crippen molar-refractivity contribution < 1.29 is 85.7 Å². The molecule has 0 aliphatic carbocycles. The molecule has 254 valence electrons. The van der Waals surface area contributed by atoms with Gasteiger partial charge in [0.1, 0.15) is 31.5 Å². The molecule has 2 heterocycles. The maximum atomic E-state index is 12.2. The number of methoxy groups -OCH3 is 1. The molecule has 0 aromatic heterocycles. The molecule has 0 aromatic rings. The van der Waals surface area contributed by atoms with Crippen LogP contribution in [0.4, 0.5) is 0 Å². The molecule has 2 aliphatic rings. The zero-order valence-electron chi connectivity index (χ0n) is 26.0. The third-order valence-electron chi connectivity index (χ3n) is 6.12. The average molecular weight is 651 g/mol. The molecule has 2 rings (SSSR count). The lowest BCUT2D eigenvalue weighted by Crippen LogP contribution is -2.67. The van der Waals surface area contributed by atoms with Crippen LogP contribution in [0.25, 0.3) is 0 Å². The zero-order valence-corrected chi connectivity index (χ0v) is 26.0. The lowest BCUT2D eigenvalue weighted by atomic mass is 9.96. The molecular formula is C27H38O18. The lowest BCUT2D eigenvalue weighted by Gasteiger charge is -2.48. The van der Waals surface area contributed by atoms with Gasteiger partial charge in [0.2, 0.25) is 0 Å². The summed E-state index contributed by atoms with van der Waals surface area (Å²) in [7, 11) is 1.22. The van der Waals surface area contributed by atoms with Crippen molar-refractivity contribution >= 4 is 41.8 Å². The highest BCUT2D eigenvalue weighted by atomic mass is 16.8. The van der Waals surface area contributed by atoms with Gasteiger partial charge in [-0.2, -0.15) is 0 Å². The van der Waals surface area contributed by atoms with Gasteiger partial charge in [0, 0.05) is 55.6 Å². The molecule has 0 bridgehead atoms. The van der Waals surface area contributed by atoms with Gasteiger partial charge in [-0.3, -0.25) is 33.6 Å². The van der Waals surface area contributed by atoms with Gasteiger partial charge in [0.15, 0.2) is 43.1 Å². The molecule has 0 radical (unpaired) electrons. The fourth-order valence-corrected chi connectivity index (χ4v) is 4.66. The van der Waals surface area contributed by atoms with Gasteiger partial charge in [-0.25, -0.2) is 0 Å². The molecule has 18 nitrogen and oxygen atoms in total. The Kier molecular flexibility index (Phi) is 14.1. The fourth-order valence-electron chi connectivity index (χ4n) is 4.66. The van der Waals surface area contributed by atoms with Crippen LogP contribution in [0.5, 0.6) is 0 Å². The van der Waals surface area contributed by atoms with E-state index in [4.69, 9.17) is 52.1 Å². The lowest BCUT2D eigenvalue weighted by molar-refractivity contribution is -0.359. The molecule has 2 aliphatic heterocycles. The van der Waals surface area contributed by atoms with Gasteiger partial charge in [-0.05, 0) is 0 Å². The summed E-state index contributed by atoms with van der Waals surface area (Å²) in [4.78, 5) is 84.0. The first kappa shape index (κ1) is 37.3. The average Bonchev–Trinajstić information content (AvgIpc) is 2.90. The summed E-state index contributed by atoms with van der Waals surface area (Å²) < 4.78 is 60.6. The first-order valence-corrected chi connectivity index (χ1v) is 13.7. The summed E-state index contributed by atoms with van der Waals surface area (Å²) in [6, 6.07) is 0. The van der Waals surface area contributed by atoms with Crippen LogP contribution in [-0.4, -0.2) is 124 Å². The maximum Gasteiger partial charge on any atom is 0.303 e. The van der Waals surface area contributed by atoms with E-state index in [0.717, 1.165) is 48.5 Å². The van der Waals surface area contributed by atoms with Crippen molar-refractivity contribution in [2.24, 2.45) is 0 Å². The molecule has 10 atom stereocenters. The number of carbonyl (C=O) groups is 7. The molecule has 45 heavy (non-hydrogen) atoms. The van der Waals surface area contributed by atoms with E-state index in [1.165, 1.54) is 7.11 Å². The van der Waals surface area contributed by atoms with Crippen molar-refractivity contribution in [3.8, 4) is 0 Å². The van der Waals surface area contributed by atoms with Crippen molar-refractivity contribution in [1.82, 2.24) is 0 Å². The molecule has 0 saturated carbocycles. The van der Waals surface area contributed by atoms with E-state index in [2.05, 4.69) is 0 Å². The second kappa shape index (κ2) is 17.0. The predicted octanol–water partition coefficient (Wildman–Crippen LogP) is -0.747. The molecule has 0 amide bonds. The Morgan fingerprint density at radius 3 is 1.18 bits per heavy atom. The van der Waals surface area contributed by atoms with E-state index in [1.807, 2.05) is 0 Å². The topological polar surface area (TPSA) is 221 Å². The minimum atomic E-state index is -1.76. The smallest absolute Gasteiger partial charge is 0.303 e. The van der Waals surface area contributed by atoms with Gasteiger partial charge in [0.05, 0.1) is 0 Å². The van der Waals surface area contributed by atoms with Crippen LogP contribution >= 0.6 is 0 Å². The summed E-state index contributed by atoms with van der Waals surface area (Å²) >= 11 is 0. The standard InChI is InChI=1S/C27H38O18/c1-11(28)36-9-18-20(38-13(3)30)22(39-14(4)31)25(42-17(7)34)27(44-18)45-21-19(10-37-12(2)29)43-26(35-8)24(41-16(6)33)23(21)40-15(5)32/h18-27H,9-10H2,1-8H3/t18-,19+,20+,21+,22-,23-,24+,25+,26+,27+/m0/s1. The molecule has 0 aromatic carbocycles. The van der Waals surface area contributed by atoms with E-state index in [1.54, 1.807) is 0 Å². The molecular weight excluding hydrogens is 612 g/mol. The van der Waals surface area contributed by atoms with Gasteiger partial charge in [-0.15, -0.1) is 0 Å². The van der Waals surface area contributed by atoms with Crippen molar-refractivity contribution in [2.75, 3.05) is 20.3 Å². The molecule has 2 saturated heterocycles.